The van der Waals surface area contributed by atoms with E-state index in [1.165, 1.54) is 70.5 Å². The van der Waals surface area contributed by atoms with Gasteiger partial charge in [0, 0.05) is 89.6 Å². The number of fused-ring (bicyclic) bond motifs is 2. The molecule has 6 N–H and O–H groups in total. The highest BCUT2D eigenvalue weighted by atomic mass is 32.3. The molecule has 11 atom stereocenters. The van der Waals surface area contributed by atoms with Gasteiger partial charge in [0.15, 0.2) is 0 Å². The van der Waals surface area contributed by atoms with Crippen molar-refractivity contribution in [2.24, 2.45) is 11.8 Å². The fraction of sp³-hybridized carbons (Fsp3) is 0.378. The Balaban J connectivity index is 0.000000262. The minimum Gasteiger partial charge on any atom is -0.650 e. The molecule has 6 aromatic carbocycles. The molecule has 662 valence electrons. The molecule has 8 aromatic rings. The van der Waals surface area contributed by atoms with Gasteiger partial charge in [-0.2, -0.15) is 9.90 Å². The van der Waals surface area contributed by atoms with Crippen LogP contribution in [0.5, 0.6) is 23.0 Å². The van der Waals surface area contributed by atoms with Crippen molar-refractivity contribution >= 4 is 112 Å². The largest absolute Gasteiger partial charge is 0.650 e. The summed E-state index contributed by atoms with van der Waals surface area (Å²) in [5, 5.41) is 11.9. The average molecular weight is 1760 g/mol. The second-order valence-corrected chi connectivity index (χ2v) is 38.6. The van der Waals surface area contributed by atoms with Crippen LogP contribution in [0.3, 0.4) is 0 Å². The number of sulfonamides is 2. The van der Waals surface area contributed by atoms with Crippen LogP contribution in [0.1, 0.15) is 94.9 Å². The van der Waals surface area contributed by atoms with Crippen LogP contribution in [-0.4, -0.2) is 212 Å². The van der Waals surface area contributed by atoms with E-state index in [-0.39, 0.29) is 75.9 Å². The number of carbonyl (C=O) groups excluding carboxylic acids is 9. The van der Waals surface area contributed by atoms with E-state index in [0.717, 1.165) is 11.1 Å². The maximum absolute atomic E-state index is 14.6. The van der Waals surface area contributed by atoms with Crippen LogP contribution in [0.2, 0.25) is 0 Å². The molecule has 8 amide bonds. The zero-order chi connectivity index (χ0) is 88.4. The molecule has 5 aliphatic rings. The van der Waals surface area contributed by atoms with Gasteiger partial charge >= 0.3 is 12.2 Å². The number of ether oxygens (including phenoxy) is 7. The number of nitrogens with zero attached hydrogens (tertiary/aromatic N) is 4. The molecule has 2 aromatic heterocycles. The Kier molecular flexibility index (Phi) is 30.6. The van der Waals surface area contributed by atoms with Gasteiger partial charge in [0.2, 0.25) is 23.6 Å². The molecule has 13 rings (SSSR count). The number of benzene rings is 6. The smallest absolute Gasteiger partial charge is 0.408 e. The van der Waals surface area contributed by atoms with Crippen molar-refractivity contribution in [2.75, 3.05) is 46.4 Å². The highest BCUT2D eigenvalue weighted by Crippen LogP contribution is 2.47. The lowest BCUT2D eigenvalue weighted by atomic mass is 10.1. The quantitative estimate of drug-likeness (QED) is 0.00872. The number of hydrogen-bond donors (Lipinski definition) is 6. The fourth-order valence-electron chi connectivity index (χ4n) is 14.1. The van der Waals surface area contributed by atoms with Gasteiger partial charge in [-0.25, -0.2) is 45.8 Å². The predicted molar refractivity (Wildman–Crippen MR) is 470 cm³/mol. The van der Waals surface area contributed by atoms with Crippen LogP contribution >= 0.6 is 0 Å². The molecular weight excluding hydrogens is 1650 g/mol. The Hall–Kier alpha value is -12.1. The third-order valence-electron chi connectivity index (χ3n) is 20.3. The lowest BCUT2D eigenvalue weighted by Gasteiger charge is -2.30. The lowest BCUT2D eigenvalue weighted by Crippen LogP contribution is -2.58. The van der Waals surface area contributed by atoms with Gasteiger partial charge in [0.25, 0.3) is 31.9 Å². The van der Waals surface area contributed by atoms with E-state index in [4.69, 9.17) is 43.1 Å². The highest BCUT2D eigenvalue weighted by molar-refractivity contribution is 8.05. The number of methoxy groups -OCH3 is 2. The number of alkyl carbamates (subject to hydrolysis) is 2. The number of amides is 8. The number of aldehydes is 1. The first-order chi connectivity index (χ1) is 57.7. The zero-order valence-corrected chi connectivity index (χ0v) is 71.6. The molecule has 34 heteroatoms. The van der Waals surface area contributed by atoms with Crippen LogP contribution in [0.15, 0.2) is 205 Å². The van der Waals surface area contributed by atoms with Crippen molar-refractivity contribution in [3.63, 3.8) is 0 Å². The number of aromatic nitrogens is 2. The Bertz CT molecular complexity index is 5550. The molecule has 0 spiro atoms. The number of nitrogens with one attached hydrogen (secondary N) is 6. The van der Waals surface area contributed by atoms with Crippen LogP contribution in [0, 0.1) is 11.8 Å². The number of rotatable bonds is 28. The molecule has 0 radical (unpaired) electrons. The van der Waals surface area contributed by atoms with Gasteiger partial charge < -0.3 is 73.6 Å². The fourth-order valence-corrected chi connectivity index (χ4v) is 16.3. The molecule has 2 aliphatic carbocycles. The summed E-state index contributed by atoms with van der Waals surface area (Å²) in [7, 11) is -7.17. The highest BCUT2D eigenvalue weighted by Gasteiger charge is 2.63. The molecule has 3 aliphatic heterocycles. The van der Waals surface area contributed by atoms with Gasteiger partial charge in [-0.05, 0) is 103 Å². The van der Waals surface area contributed by atoms with Gasteiger partial charge in [-0.1, -0.05) is 124 Å². The number of hydrogen-bond acceptors (Lipinski definition) is 23. The minimum absolute atomic E-state index is 0. The second kappa shape index (κ2) is 39.6. The number of epoxide rings is 1. The van der Waals surface area contributed by atoms with Gasteiger partial charge in [0.05, 0.1) is 84.7 Å². The van der Waals surface area contributed by atoms with Crippen LogP contribution in [-0.2, 0) is 77.7 Å². The van der Waals surface area contributed by atoms with Crippen molar-refractivity contribution in [3.8, 4) is 45.5 Å². The lowest BCUT2D eigenvalue weighted by molar-refractivity contribution is -0.141. The number of pyridine rings is 2. The van der Waals surface area contributed by atoms with E-state index in [9.17, 15) is 64.5 Å². The standard InChI is InChI=1S/C43H47N5O10S.C42H45N5O10S.C3H8OS.2CH4/c1-6-27-23-43(27,40(51)47-59(53,54)31-15-11-8-12-16-31)46-38(49)36-21-29(24-48(36)39(50)35(20-30-25-56-30)45-41(52)58-42(2,3)4)57-37-22-33(26-13-9-7-10-14-26)44-34-19-28(55-5)17-18-32(34)37;1-6-27-24-42(27,39(51)46-58(53,54)30-15-11-8-12-16-30)45-37(49)35-22-29(25-47(35)38(50)32(19-20-48)44-40(52)57-41(2,3)4)56-36-23-33(26-13-9-7-10-14-26)43-34-21-28(55-5)17-18-31(34)36;1-5(2,3)4;;/h6-19,22,27,29-30,35-36H,1,20-21,23-25H2,2-5H3,(H,45,52)(H,46,49)(H,47,51);6-18,20-21,23,27,29,32,35H,1,19,22,24-25H2,2-5H3,(H,44,52)(H,45,49)(H,46,51);1H2,2-3H3;2*1H4/t27-,29-,30?,35+,36+,43-;27-,29?,32+,35+,42-;;;/m11.../s1. The summed E-state index contributed by atoms with van der Waals surface area (Å²) in [6.07, 6.45) is 2.64. The summed E-state index contributed by atoms with van der Waals surface area (Å²) < 4.78 is 107. The Morgan fingerprint density at radius 2 is 0.927 bits per heavy atom. The van der Waals surface area contributed by atoms with Crippen molar-refractivity contribution in [1.29, 1.82) is 0 Å². The first-order valence-electron chi connectivity index (χ1n) is 39.1. The predicted octanol–water partition coefficient (Wildman–Crippen LogP) is 10.0. The Morgan fingerprint density at radius 1 is 0.573 bits per heavy atom. The molecule has 2 unspecified atom stereocenters. The molecule has 31 nitrogen and oxygen atoms in total. The third kappa shape index (κ3) is 24.2. The van der Waals surface area contributed by atoms with Gasteiger partial charge in [-0.15, -0.1) is 13.2 Å². The first kappa shape index (κ1) is 95.7. The SMILES string of the molecule is C.C.C=C[C@@H]1C[C@]1(NC(=O)[C@@H]1CC(Oc2cc(-c3ccccc3)nc3cc(OC)ccc23)CN1C(=O)[C@H](CC=O)NC(=O)OC(C)(C)C)C(=O)NS(=O)(=O)c1ccccc1.C=C[C@@H]1C[C@]1(NC(=O)[C@@H]1C[C@@H](Oc2cc(-c3ccccc3)nc3cc(OC)ccc23)CN1C(=O)[C@H](CC1CO1)NC(=O)OC(C)(C)C)C(=O)NS(=O)(=O)c1ccccc1.C=[S+](C)(C)[O-]. The summed E-state index contributed by atoms with van der Waals surface area (Å²) >= 11 is 0. The van der Waals surface area contributed by atoms with Crippen molar-refractivity contribution < 1.29 is 97.7 Å². The minimum atomic E-state index is -4.31. The molecule has 0 bridgehead atoms. The molecule has 124 heavy (non-hydrogen) atoms. The topological polar surface area (TPSA) is 417 Å². The van der Waals surface area contributed by atoms with Gasteiger partial charge in [0.1, 0.15) is 87.9 Å². The van der Waals surface area contributed by atoms with E-state index >= 15 is 0 Å². The Morgan fingerprint density at radius 3 is 1.26 bits per heavy atom. The first-order valence-corrected chi connectivity index (χ1v) is 44.6. The number of carbonyl (C=O) groups is 9. The molecule has 5 heterocycles. The van der Waals surface area contributed by atoms with Gasteiger partial charge in [-0.3, -0.25) is 28.8 Å². The number of likely N-dealkylation sites (tertiary alicyclic amines) is 2. The second-order valence-electron chi connectivity index (χ2n) is 32.4. The zero-order valence-electron chi connectivity index (χ0n) is 69.2. The third-order valence-corrected chi connectivity index (χ3v) is 22.9. The van der Waals surface area contributed by atoms with Crippen LogP contribution in [0.4, 0.5) is 9.59 Å². The van der Waals surface area contributed by atoms with Crippen LogP contribution < -0.4 is 49.7 Å². The van der Waals surface area contributed by atoms with E-state index in [1.54, 1.807) is 123 Å². The van der Waals surface area contributed by atoms with Crippen molar-refractivity contribution in [1.82, 2.24) is 50.5 Å². The summed E-state index contributed by atoms with van der Waals surface area (Å²) in [5.74, 6) is -0.711. The summed E-state index contributed by atoms with van der Waals surface area (Å²) in [6.45, 7) is 17.7. The van der Waals surface area contributed by atoms with E-state index in [2.05, 4.69) is 49.7 Å². The summed E-state index contributed by atoms with van der Waals surface area (Å²) in [6, 6.07) is 42.8. The van der Waals surface area contributed by atoms with E-state index < -0.39 is 154 Å². The summed E-state index contributed by atoms with van der Waals surface area (Å²) in [4.78, 5) is 135. The van der Waals surface area contributed by atoms with Crippen molar-refractivity contribution in [2.45, 2.75) is 169 Å². The molecule has 5 fully saturated rings. The normalized spacial score (nSPS) is 20.9. The van der Waals surface area contributed by atoms with E-state index in [0.29, 0.717) is 69.1 Å². The van der Waals surface area contributed by atoms with Crippen molar-refractivity contribution in [3.05, 3.63) is 195 Å². The maximum Gasteiger partial charge on any atom is 0.408 e. The summed E-state index contributed by atoms with van der Waals surface area (Å²) in [5.41, 5.74) is -1.12. The van der Waals surface area contributed by atoms with Crippen LogP contribution in [0.25, 0.3) is 44.3 Å². The maximum atomic E-state index is 14.6. The molecule has 3 saturated heterocycles. The average Bonchev–Trinajstić information content (AvgIpc) is 1.57. The molecule has 2 saturated carbocycles. The Labute approximate surface area is 724 Å². The van der Waals surface area contributed by atoms with E-state index in [1.807, 2.05) is 66.7 Å². The molecular formula is C90H108N10O21S3. The monoisotopic (exact) mass is 1760 g/mol.